The first-order valence-corrected chi connectivity index (χ1v) is 15.2. The van der Waals surface area contributed by atoms with Gasteiger partial charge in [-0.25, -0.2) is 14.4 Å². The number of hydrogen-bond acceptors (Lipinski definition) is 8. The molecule has 0 bridgehead atoms. The molecule has 9 nitrogen and oxygen atoms in total. The Morgan fingerprint density at radius 2 is 1.93 bits per heavy atom. The number of pyridine rings is 2. The summed E-state index contributed by atoms with van der Waals surface area (Å²) in [5, 5.41) is 15.9. The van der Waals surface area contributed by atoms with E-state index in [9.17, 15) is 19.1 Å². The molecular weight excluding hydrogens is 533 g/mol. The van der Waals surface area contributed by atoms with E-state index in [1.807, 2.05) is 11.8 Å². The number of fused-ring (bicyclic) bond motifs is 1. The zero-order valence-corrected chi connectivity index (χ0v) is 23.0. The van der Waals surface area contributed by atoms with Crippen LogP contribution in [-0.2, 0) is 6.61 Å². The molecular formula is C29H34FN5O4S. The number of Topliss-reactive ketones (excluding diaryl/α,β-unsaturated/α-hetero) is 1. The molecule has 3 aliphatic rings. The molecule has 0 spiro atoms. The molecule has 212 valence electrons. The maximum Gasteiger partial charge on any atom is 0.255 e. The first-order valence-electron chi connectivity index (χ1n) is 14.1. The van der Waals surface area contributed by atoms with E-state index in [4.69, 9.17) is 4.74 Å². The highest BCUT2D eigenvalue weighted by Gasteiger charge is 2.45. The van der Waals surface area contributed by atoms with E-state index >= 15 is 0 Å². The number of aliphatic hydroxyl groups excluding tert-OH is 1. The Labute approximate surface area is 236 Å². The van der Waals surface area contributed by atoms with E-state index in [0.717, 1.165) is 62.6 Å². The monoisotopic (exact) mass is 567 g/mol. The maximum absolute atomic E-state index is 14.0. The van der Waals surface area contributed by atoms with Crippen LogP contribution in [0.2, 0.25) is 0 Å². The minimum absolute atomic E-state index is 0.00929. The van der Waals surface area contributed by atoms with Crippen molar-refractivity contribution in [2.75, 3.05) is 11.5 Å². The topological polar surface area (TPSA) is 128 Å². The molecule has 2 unspecified atom stereocenters. The lowest BCUT2D eigenvalue weighted by Crippen LogP contribution is -2.38. The highest BCUT2D eigenvalue weighted by atomic mass is 32.2. The van der Waals surface area contributed by atoms with Gasteiger partial charge in [0.15, 0.2) is 5.78 Å². The van der Waals surface area contributed by atoms with Crippen molar-refractivity contribution in [2.24, 2.45) is 5.92 Å². The van der Waals surface area contributed by atoms with Crippen LogP contribution in [0.3, 0.4) is 0 Å². The second kappa shape index (κ2) is 11.8. The summed E-state index contributed by atoms with van der Waals surface area (Å²) in [7, 11) is 0. The molecule has 3 aromatic rings. The lowest BCUT2D eigenvalue weighted by molar-refractivity contribution is 0.0919. The molecule has 11 heteroatoms. The third-order valence-corrected chi connectivity index (χ3v) is 9.34. The van der Waals surface area contributed by atoms with Gasteiger partial charge in [-0.1, -0.05) is 0 Å². The Hall–Kier alpha value is -3.02. The molecule has 6 rings (SSSR count). The fraction of sp³-hybridized carbons (Fsp3) is 0.517. The Balaban J connectivity index is 1.00. The van der Waals surface area contributed by atoms with Crippen LogP contribution in [0, 0.1) is 11.7 Å². The van der Waals surface area contributed by atoms with Gasteiger partial charge in [0.25, 0.3) is 5.91 Å². The number of carbonyl (C=O) groups excluding carboxylic acids is 2. The first kappa shape index (κ1) is 27.2. The molecule has 3 fully saturated rings. The average Bonchev–Trinajstić information content (AvgIpc) is 3.61. The van der Waals surface area contributed by atoms with Crippen molar-refractivity contribution in [3.8, 4) is 5.88 Å². The number of ketones is 1. The molecule has 40 heavy (non-hydrogen) atoms. The van der Waals surface area contributed by atoms with Gasteiger partial charge < -0.3 is 24.9 Å². The van der Waals surface area contributed by atoms with Gasteiger partial charge in [-0.3, -0.25) is 9.59 Å². The number of rotatable bonds is 9. The largest absolute Gasteiger partial charge is 0.474 e. The lowest BCUT2D eigenvalue weighted by atomic mass is 9.82. The van der Waals surface area contributed by atoms with Crippen molar-refractivity contribution < 1.29 is 23.8 Å². The van der Waals surface area contributed by atoms with Gasteiger partial charge in [0.2, 0.25) is 5.88 Å². The molecule has 3 aromatic heterocycles. The highest BCUT2D eigenvalue weighted by molar-refractivity contribution is 7.99. The Kier molecular flexibility index (Phi) is 8.04. The molecule has 3 N–H and O–H groups in total. The van der Waals surface area contributed by atoms with E-state index in [-0.39, 0.29) is 54.0 Å². The van der Waals surface area contributed by atoms with Gasteiger partial charge in [0, 0.05) is 18.3 Å². The molecule has 2 atom stereocenters. The zero-order chi connectivity index (χ0) is 27.6. The quantitative estimate of drug-likeness (QED) is 0.265. The highest BCUT2D eigenvalue weighted by Crippen LogP contribution is 2.34. The molecule has 2 saturated heterocycles. The Morgan fingerprint density at radius 3 is 2.70 bits per heavy atom. The molecule has 0 aromatic carbocycles. The summed E-state index contributed by atoms with van der Waals surface area (Å²) >= 11 is 1.89. The third-order valence-electron chi connectivity index (χ3n) is 8.29. The molecule has 2 aliphatic heterocycles. The number of hydrogen-bond donors (Lipinski definition) is 3. The molecule has 0 radical (unpaired) electrons. The Morgan fingerprint density at radius 1 is 1.12 bits per heavy atom. The number of nitrogens with zero attached hydrogens (tertiary/aromatic N) is 3. The Bertz CT molecular complexity index is 1390. The van der Waals surface area contributed by atoms with Gasteiger partial charge >= 0.3 is 0 Å². The normalized spacial score (nSPS) is 25.1. The van der Waals surface area contributed by atoms with Crippen LogP contribution in [0.5, 0.6) is 5.88 Å². The van der Waals surface area contributed by atoms with Crippen molar-refractivity contribution in [1.29, 1.82) is 0 Å². The van der Waals surface area contributed by atoms with Crippen molar-refractivity contribution in [3.63, 3.8) is 0 Å². The molecule has 1 aliphatic carbocycles. The van der Waals surface area contributed by atoms with E-state index < -0.39 is 5.82 Å². The maximum atomic E-state index is 14.0. The van der Waals surface area contributed by atoms with Crippen LogP contribution in [-0.4, -0.2) is 66.9 Å². The zero-order valence-electron chi connectivity index (χ0n) is 22.2. The van der Waals surface area contributed by atoms with E-state index in [2.05, 4.69) is 20.6 Å². The average molecular weight is 568 g/mol. The number of nitrogens with one attached hydrogen (secondary N) is 2. The number of halogens is 1. The predicted octanol–water partition coefficient (Wildman–Crippen LogP) is 3.54. The van der Waals surface area contributed by atoms with E-state index in [1.54, 1.807) is 28.9 Å². The number of aromatic nitrogens is 3. The van der Waals surface area contributed by atoms with Crippen LogP contribution in [0.1, 0.15) is 71.4 Å². The SMILES string of the molecule is O=C(NC1CCC(CC2NC2C(=O)c2cc(F)cnc2OC2CCSCC2)CC1)c1cccn2c(CO)cnc12. The lowest BCUT2D eigenvalue weighted by Gasteiger charge is -2.29. The summed E-state index contributed by atoms with van der Waals surface area (Å²) < 4.78 is 21.8. The van der Waals surface area contributed by atoms with Gasteiger partial charge in [-0.2, -0.15) is 11.8 Å². The molecule has 5 heterocycles. The predicted molar refractivity (Wildman–Crippen MR) is 149 cm³/mol. The van der Waals surface area contributed by atoms with Crippen LogP contribution < -0.4 is 15.4 Å². The van der Waals surface area contributed by atoms with Gasteiger partial charge in [0.05, 0.1) is 41.9 Å². The minimum atomic E-state index is -0.537. The summed E-state index contributed by atoms with van der Waals surface area (Å²) in [4.78, 5) is 34.7. The number of ether oxygens (including phenoxy) is 1. The summed E-state index contributed by atoms with van der Waals surface area (Å²) in [6.45, 7) is -0.146. The van der Waals surface area contributed by atoms with Crippen LogP contribution in [0.4, 0.5) is 4.39 Å². The van der Waals surface area contributed by atoms with E-state index in [0.29, 0.717) is 22.8 Å². The summed E-state index contributed by atoms with van der Waals surface area (Å²) in [5.41, 5.74) is 1.89. The second-order valence-electron chi connectivity index (χ2n) is 11.0. The molecule has 1 amide bonds. The fourth-order valence-corrected chi connectivity index (χ4v) is 7.04. The second-order valence-corrected chi connectivity index (χ2v) is 12.2. The van der Waals surface area contributed by atoms with Crippen LogP contribution in [0.25, 0.3) is 5.65 Å². The summed E-state index contributed by atoms with van der Waals surface area (Å²) in [6, 6.07) is 4.58. The van der Waals surface area contributed by atoms with Crippen LogP contribution >= 0.6 is 11.8 Å². The number of aliphatic hydroxyl groups is 1. The van der Waals surface area contributed by atoms with Crippen molar-refractivity contribution in [1.82, 2.24) is 25.0 Å². The van der Waals surface area contributed by atoms with Gasteiger partial charge in [-0.15, -0.1) is 0 Å². The molecule has 1 saturated carbocycles. The van der Waals surface area contributed by atoms with Crippen molar-refractivity contribution in [3.05, 3.63) is 59.4 Å². The van der Waals surface area contributed by atoms with Gasteiger partial charge in [-0.05, 0) is 80.6 Å². The number of imidazole rings is 1. The first-order chi connectivity index (χ1) is 19.5. The number of thioether (sulfide) groups is 1. The third kappa shape index (κ3) is 5.87. The van der Waals surface area contributed by atoms with Gasteiger partial charge in [0.1, 0.15) is 17.6 Å². The standard InChI is InChI=1S/C29H34FN5O4S/c30-18-13-23(29(32-14-18)39-21-7-10-40-11-8-21)26(37)25-24(34-25)12-17-3-5-19(6-4-17)33-28(38)22-2-1-9-35-20(16-36)15-31-27(22)35/h1-2,9,13-15,17,19,21,24-25,34,36H,3-8,10-12,16H2,(H,33,38). The van der Waals surface area contributed by atoms with E-state index in [1.165, 1.54) is 6.07 Å². The van der Waals surface area contributed by atoms with Crippen molar-refractivity contribution in [2.45, 2.75) is 75.8 Å². The summed E-state index contributed by atoms with van der Waals surface area (Å²) in [6.07, 6.45) is 10.8. The number of carbonyl (C=O) groups is 2. The fourth-order valence-electron chi connectivity index (χ4n) is 5.97. The smallest absolute Gasteiger partial charge is 0.255 e. The summed E-state index contributed by atoms with van der Waals surface area (Å²) in [5.74, 6) is 1.87. The number of amides is 1. The van der Waals surface area contributed by atoms with Crippen LogP contribution in [0.15, 0.2) is 36.8 Å². The van der Waals surface area contributed by atoms with Crippen molar-refractivity contribution >= 4 is 29.1 Å². The minimum Gasteiger partial charge on any atom is -0.474 e.